The normalized spacial score (nSPS) is 16.8. The molecule has 0 aliphatic carbocycles. The van der Waals surface area contributed by atoms with Crippen molar-refractivity contribution in [1.82, 2.24) is 0 Å². The highest BCUT2D eigenvalue weighted by atomic mass is 32.1. The Labute approximate surface area is 417 Å². The van der Waals surface area contributed by atoms with E-state index in [9.17, 15) is 0 Å². The summed E-state index contributed by atoms with van der Waals surface area (Å²) in [5.41, 5.74) is 11.8. The van der Waals surface area contributed by atoms with Gasteiger partial charge in [-0.15, -0.1) is 22.7 Å². The second kappa shape index (κ2) is 16.2. The number of benzene rings is 8. The second-order valence-electron chi connectivity index (χ2n) is 20.0. The Bertz CT molecular complexity index is 3470. The maximum absolute atomic E-state index is 5.88. The zero-order valence-electron chi connectivity index (χ0n) is 39.5. The molecule has 6 heterocycles. The fourth-order valence-corrected chi connectivity index (χ4v) is 24.5. The average Bonchev–Trinajstić information content (AvgIpc) is 4.27. The van der Waals surface area contributed by atoms with Crippen molar-refractivity contribution in [3.05, 3.63) is 181 Å². The quantitative estimate of drug-likeness (QED) is 0.141. The summed E-state index contributed by atoms with van der Waals surface area (Å²) in [5, 5.41) is 11.2. The van der Waals surface area contributed by atoms with Gasteiger partial charge in [-0.3, -0.25) is 0 Å². The first kappa shape index (κ1) is 42.7. The summed E-state index contributed by atoms with van der Waals surface area (Å²) in [6.45, 7) is 12.8. The van der Waals surface area contributed by atoms with E-state index in [1.165, 1.54) is 84.9 Å². The summed E-state index contributed by atoms with van der Waals surface area (Å²) in [7, 11) is -4.34. The number of hydrogen-bond donors (Lipinski definition) is 0. The van der Waals surface area contributed by atoms with E-state index in [0.717, 1.165) is 22.5 Å². The Balaban J connectivity index is 0.857. The molecule has 8 aromatic carbocycles. The third-order valence-corrected chi connectivity index (χ3v) is 25.6. The first-order valence-electron chi connectivity index (χ1n) is 24.3. The van der Waals surface area contributed by atoms with Gasteiger partial charge in [-0.2, -0.15) is 0 Å². The van der Waals surface area contributed by atoms with Crippen LogP contribution in [-0.4, -0.2) is 42.6 Å². The van der Waals surface area contributed by atoms with Crippen molar-refractivity contribution < 1.29 is 18.9 Å². The van der Waals surface area contributed by atoms with Crippen LogP contribution in [0.3, 0.4) is 0 Å². The molecule has 0 saturated carbocycles. The van der Waals surface area contributed by atoms with Gasteiger partial charge in [0.05, 0.1) is 37.8 Å². The fraction of sp³-hybridized carbons (Fsp3) is 0.167. The van der Waals surface area contributed by atoms with Gasteiger partial charge in [0.25, 0.3) is 0 Å². The molecule has 6 nitrogen and oxygen atoms in total. The van der Waals surface area contributed by atoms with Crippen molar-refractivity contribution in [2.24, 2.45) is 0 Å². The molecule has 70 heavy (non-hydrogen) atoms. The number of fused-ring (bicyclic) bond motifs is 11. The minimum atomic E-state index is -2.17. The predicted molar refractivity (Wildman–Crippen MR) is 298 cm³/mol. The summed E-state index contributed by atoms with van der Waals surface area (Å²) in [5.74, 6) is 0. The Morgan fingerprint density at radius 2 is 0.786 bits per heavy atom. The number of thiophene rings is 2. The standard InChI is InChI=1S/C60H50N2O4S2Si2/c1-69(2)51-35-43(61(49-17-9-13-37-11-5-7-15-45(37)49)41-23-19-39(20-24-41)59-63-31-32-64-59)27-29-47(51)53-57(69)55-56(67-53)58-54(68-55)48-30-28-44(36-52(48)70(58,3)4)62(50-18-10-14-38-12-6-8-16-46(38)50)42-25-21-40(22-26-42)60-65-33-34-66-60/h5-30,35-36,59-60H,31-34H2,1-4H3. The third-order valence-electron chi connectivity index (χ3n) is 15.2. The summed E-state index contributed by atoms with van der Waals surface area (Å²) in [6.07, 6.45) is -0.622. The monoisotopic (exact) mass is 982 g/mol. The molecule has 0 N–H and O–H groups in total. The van der Waals surface area contributed by atoms with Gasteiger partial charge in [0.15, 0.2) is 12.6 Å². The van der Waals surface area contributed by atoms with E-state index in [1.807, 2.05) is 0 Å². The molecule has 10 aromatic rings. The molecule has 2 fully saturated rings. The van der Waals surface area contributed by atoms with Gasteiger partial charge < -0.3 is 28.7 Å². The lowest BCUT2D eigenvalue weighted by molar-refractivity contribution is -0.0443. The van der Waals surface area contributed by atoms with Crippen LogP contribution in [0, 0.1) is 0 Å². The lowest BCUT2D eigenvalue weighted by Gasteiger charge is -2.29. The molecule has 0 radical (unpaired) electrons. The molecule has 2 saturated heterocycles. The van der Waals surface area contributed by atoms with Crippen molar-refractivity contribution >= 4 is 125 Å². The summed E-state index contributed by atoms with van der Waals surface area (Å²) >= 11 is 4.14. The lowest BCUT2D eigenvalue weighted by Crippen LogP contribution is -2.50. The largest absolute Gasteiger partial charge is 0.346 e. The average molecular weight is 983 g/mol. The molecular weight excluding hydrogens is 933 g/mol. The molecule has 4 aliphatic rings. The molecule has 0 spiro atoms. The Morgan fingerprint density at radius 3 is 1.20 bits per heavy atom. The number of hydrogen-bond acceptors (Lipinski definition) is 8. The molecule has 0 unspecified atom stereocenters. The van der Waals surface area contributed by atoms with Crippen LogP contribution in [0.2, 0.25) is 26.2 Å². The van der Waals surface area contributed by atoms with E-state index in [2.05, 4.69) is 229 Å². The van der Waals surface area contributed by atoms with Crippen LogP contribution in [0.1, 0.15) is 23.7 Å². The van der Waals surface area contributed by atoms with Crippen LogP contribution in [0.5, 0.6) is 0 Å². The van der Waals surface area contributed by atoms with Crippen molar-refractivity contribution in [2.45, 2.75) is 38.8 Å². The topological polar surface area (TPSA) is 43.4 Å². The van der Waals surface area contributed by atoms with Gasteiger partial charge in [-0.25, -0.2) is 0 Å². The number of rotatable bonds is 8. The van der Waals surface area contributed by atoms with Crippen LogP contribution in [-0.2, 0) is 18.9 Å². The number of nitrogens with zero attached hydrogens (tertiary/aromatic N) is 2. The van der Waals surface area contributed by atoms with Crippen molar-refractivity contribution in [2.75, 3.05) is 36.2 Å². The van der Waals surface area contributed by atoms with Crippen LogP contribution < -0.4 is 30.5 Å². The van der Waals surface area contributed by atoms with Crippen molar-refractivity contribution in [3.8, 4) is 20.9 Å². The molecule has 10 heteroatoms. The third kappa shape index (κ3) is 6.48. The van der Waals surface area contributed by atoms with Gasteiger partial charge in [-0.05, 0) is 103 Å². The highest BCUT2D eigenvalue weighted by Gasteiger charge is 2.47. The smallest absolute Gasteiger partial charge is 0.184 e. The highest BCUT2D eigenvalue weighted by molar-refractivity contribution is 7.39. The number of anilines is 6. The van der Waals surface area contributed by atoms with Crippen LogP contribution in [0.25, 0.3) is 51.8 Å². The van der Waals surface area contributed by atoms with Gasteiger partial charge in [0.2, 0.25) is 0 Å². The van der Waals surface area contributed by atoms with E-state index in [1.54, 1.807) is 10.4 Å². The molecule has 0 atom stereocenters. The Morgan fingerprint density at radius 1 is 0.414 bits per heavy atom. The van der Waals surface area contributed by atoms with Crippen LogP contribution >= 0.6 is 22.7 Å². The second-order valence-corrected chi connectivity index (χ2v) is 30.6. The maximum Gasteiger partial charge on any atom is 0.184 e. The van der Waals surface area contributed by atoms with E-state index in [0.29, 0.717) is 26.4 Å². The van der Waals surface area contributed by atoms with E-state index < -0.39 is 16.1 Å². The van der Waals surface area contributed by atoms with E-state index >= 15 is 0 Å². The van der Waals surface area contributed by atoms with Gasteiger partial charge in [0.1, 0.15) is 16.1 Å². The molecule has 2 aromatic heterocycles. The summed E-state index contributed by atoms with van der Waals surface area (Å²) in [6, 6.07) is 62.9. The van der Waals surface area contributed by atoms with Gasteiger partial charge in [0, 0.05) is 63.8 Å². The molecule has 344 valence electrons. The SMILES string of the molecule is C[Si]1(C)c2cc(N(c3ccc(C4OCCO4)cc3)c3cccc4ccccc34)ccc2-c2sc3c4c(sc3c21)-c1ccc(N(c2ccc(C3OCCO3)cc2)c2cccc3ccccc23)cc1[Si]4(C)C. The van der Waals surface area contributed by atoms with E-state index in [-0.39, 0.29) is 12.6 Å². The van der Waals surface area contributed by atoms with Crippen molar-refractivity contribution in [1.29, 1.82) is 0 Å². The molecule has 0 amide bonds. The zero-order valence-corrected chi connectivity index (χ0v) is 43.1. The minimum absolute atomic E-state index is 0.311. The van der Waals surface area contributed by atoms with Gasteiger partial charge in [-0.1, -0.05) is 135 Å². The summed E-state index contributed by atoms with van der Waals surface area (Å²) in [4.78, 5) is 7.87. The van der Waals surface area contributed by atoms with Crippen LogP contribution in [0.4, 0.5) is 34.1 Å². The Kier molecular flexibility index (Phi) is 9.86. The van der Waals surface area contributed by atoms with Crippen molar-refractivity contribution in [3.63, 3.8) is 0 Å². The molecule has 0 bridgehead atoms. The lowest BCUT2D eigenvalue weighted by atomic mass is 10.1. The molecule has 4 aliphatic heterocycles. The maximum atomic E-state index is 5.88. The van der Waals surface area contributed by atoms with Gasteiger partial charge >= 0.3 is 0 Å². The predicted octanol–water partition coefficient (Wildman–Crippen LogP) is 13.9. The minimum Gasteiger partial charge on any atom is -0.346 e. The first-order valence-corrected chi connectivity index (χ1v) is 32.0. The van der Waals surface area contributed by atoms with E-state index in [4.69, 9.17) is 18.9 Å². The Hall–Kier alpha value is -6.19. The molecular formula is C60H50N2O4S2Si2. The molecule has 14 rings (SSSR count). The summed E-state index contributed by atoms with van der Waals surface area (Å²) < 4.78 is 26.6. The first-order chi connectivity index (χ1) is 34.2. The van der Waals surface area contributed by atoms with Crippen LogP contribution in [0.15, 0.2) is 170 Å². The highest BCUT2D eigenvalue weighted by Crippen LogP contribution is 2.49. The number of ether oxygens (including phenoxy) is 4. The zero-order chi connectivity index (χ0) is 46.9. The fourth-order valence-electron chi connectivity index (χ4n) is 11.8.